The molecule has 2 aromatic heterocycles. The van der Waals surface area contributed by atoms with E-state index in [2.05, 4.69) is 42.2 Å². The minimum atomic E-state index is 0.251. The maximum atomic E-state index is 5.30. The molecule has 0 radical (unpaired) electrons. The minimum Gasteiger partial charge on any atom is -0.496 e. The zero-order chi connectivity index (χ0) is 15.2. The summed E-state index contributed by atoms with van der Waals surface area (Å²) in [5.74, 6) is 1.94. The molecule has 2 heterocycles. The Morgan fingerprint density at radius 3 is 2.86 bits per heavy atom. The molecule has 0 aliphatic rings. The van der Waals surface area contributed by atoms with Crippen LogP contribution >= 0.6 is 11.3 Å². The van der Waals surface area contributed by atoms with Crippen molar-refractivity contribution in [1.82, 2.24) is 20.1 Å². The number of hydrogen-bond acceptors (Lipinski definition) is 5. The zero-order valence-corrected chi connectivity index (χ0v) is 14.0. The van der Waals surface area contributed by atoms with Crippen molar-refractivity contribution < 1.29 is 4.74 Å². The van der Waals surface area contributed by atoms with Gasteiger partial charge in [0.05, 0.1) is 7.11 Å². The van der Waals surface area contributed by atoms with Gasteiger partial charge in [0, 0.05) is 28.8 Å². The van der Waals surface area contributed by atoms with Crippen molar-refractivity contribution in [1.29, 1.82) is 0 Å². The molecule has 1 atom stereocenters. The normalized spacial score (nSPS) is 12.8. The van der Waals surface area contributed by atoms with E-state index in [1.165, 1.54) is 4.88 Å². The van der Waals surface area contributed by atoms with Crippen LogP contribution in [-0.4, -0.2) is 28.4 Å². The number of ether oxygens (including phenoxy) is 1. The summed E-state index contributed by atoms with van der Waals surface area (Å²) in [4.78, 5) is 5.70. The molecule has 0 fully saturated rings. The molecule has 0 aliphatic heterocycles. The van der Waals surface area contributed by atoms with Crippen molar-refractivity contribution in [2.45, 2.75) is 45.7 Å². The van der Waals surface area contributed by atoms with Crippen LogP contribution in [-0.2, 0) is 6.42 Å². The second-order valence-corrected chi connectivity index (χ2v) is 6.26. The Kier molecular flexibility index (Phi) is 5.76. The Labute approximate surface area is 130 Å². The highest BCUT2D eigenvalue weighted by Gasteiger charge is 2.18. The van der Waals surface area contributed by atoms with Gasteiger partial charge < -0.3 is 10.1 Å². The van der Waals surface area contributed by atoms with Crippen molar-refractivity contribution in [3.63, 3.8) is 0 Å². The number of nitrogens with zero attached hydrogens (tertiary/aromatic N) is 3. The lowest BCUT2D eigenvalue weighted by Crippen LogP contribution is -2.25. The fraction of sp³-hybridized carbons (Fsp3) is 0.600. The third kappa shape index (κ3) is 4.04. The van der Waals surface area contributed by atoms with E-state index in [0.717, 1.165) is 31.0 Å². The van der Waals surface area contributed by atoms with Gasteiger partial charge >= 0.3 is 0 Å². The number of aromatic nitrogens is 3. The number of rotatable bonds is 8. The first-order valence-electron chi connectivity index (χ1n) is 7.39. The van der Waals surface area contributed by atoms with Crippen LogP contribution in [0.5, 0.6) is 5.75 Å². The molecule has 0 saturated heterocycles. The van der Waals surface area contributed by atoms with Crippen molar-refractivity contribution in [3.8, 4) is 5.75 Å². The summed E-state index contributed by atoms with van der Waals surface area (Å²) in [5.41, 5.74) is 0. The second kappa shape index (κ2) is 7.56. The van der Waals surface area contributed by atoms with E-state index < -0.39 is 0 Å². The molecule has 21 heavy (non-hydrogen) atoms. The summed E-state index contributed by atoms with van der Waals surface area (Å²) in [5, 5.41) is 9.97. The molecule has 116 valence electrons. The van der Waals surface area contributed by atoms with Crippen molar-refractivity contribution in [3.05, 3.63) is 28.5 Å². The van der Waals surface area contributed by atoms with E-state index in [1.807, 2.05) is 10.1 Å². The first kappa shape index (κ1) is 16.0. The maximum Gasteiger partial charge on any atom is 0.138 e. The van der Waals surface area contributed by atoms with Crippen molar-refractivity contribution >= 4 is 11.3 Å². The summed E-state index contributed by atoms with van der Waals surface area (Å²) in [6.45, 7) is 7.41. The van der Waals surface area contributed by atoms with E-state index in [4.69, 9.17) is 4.74 Å². The van der Waals surface area contributed by atoms with Crippen LogP contribution in [0, 0.1) is 0 Å². The molecular formula is C15H24N4OS. The van der Waals surface area contributed by atoms with Gasteiger partial charge in [0.25, 0.3) is 0 Å². The summed E-state index contributed by atoms with van der Waals surface area (Å²) in [6, 6.07) is 2.68. The van der Waals surface area contributed by atoms with Crippen LogP contribution < -0.4 is 10.1 Å². The van der Waals surface area contributed by atoms with Gasteiger partial charge in [-0.25, -0.2) is 9.67 Å². The molecule has 1 N–H and O–H groups in total. The molecule has 1 unspecified atom stereocenters. The molecule has 5 nitrogen and oxygen atoms in total. The fourth-order valence-electron chi connectivity index (χ4n) is 2.25. The molecule has 6 heteroatoms. The highest BCUT2D eigenvalue weighted by molar-refractivity contribution is 7.10. The largest absolute Gasteiger partial charge is 0.496 e. The fourth-order valence-corrected chi connectivity index (χ4v) is 3.18. The van der Waals surface area contributed by atoms with Gasteiger partial charge in [-0.1, -0.05) is 6.92 Å². The highest BCUT2D eigenvalue weighted by atomic mass is 32.1. The van der Waals surface area contributed by atoms with Crippen LogP contribution in [0.4, 0.5) is 0 Å². The van der Waals surface area contributed by atoms with E-state index in [9.17, 15) is 0 Å². The molecule has 0 saturated carbocycles. The van der Waals surface area contributed by atoms with Crippen LogP contribution in [0.3, 0.4) is 0 Å². The first-order valence-corrected chi connectivity index (χ1v) is 8.27. The number of nitrogens with one attached hydrogen (secondary N) is 1. The average molecular weight is 308 g/mol. The molecule has 0 bridgehead atoms. The highest BCUT2D eigenvalue weighted by Crippen LogP contribution is 2.29. The van der Waals surface area contributed by atoms with E-state index in [1.54, 1.807) is 24.8 Å². The topological polar surface area (TPSA) is 52.0 Å². The maximum absolute atomic E-state index is 5.30. The van der Waals surface area contributed by atoms with Crippen LogP contribution in [0.25, 0.3) is 0 Å². The molecule has 0 amide bonds. The molecule has 0 aliphatic carbocycles. The average Bonchev–Trinajstić information content (AvgIpc) is 3.11. The Balaban J connectivity index is 2.17. The number of thiophene rings is 1. The van der Waals surface area contributed by atoms with Crippen LogP contribution in [0.1, 0.15) is 50.0 Å². The van der Waals surface area contributed by atoms with Gasteiger partial charge in [-0.15, -0.1) is 11.3 Å². The van der Waals surface area contributed by atoms with Gasteiger partial charge in [0.15, 0.2) is 0 Å². The SMILES string of the molecule is CCCNC(Cc1ncnn1C(C)C)c1cc(OC)cs1. The van der Waals surface area contributed by atoms with E-state index >= 15 is 0 Å². The Bertz CT molecular complexity index is 549. The summed E-state index contributed by atoms with van der Waals surface area (Å²) in [7, 11) is 1.70. The first-order chi connectivity index (χ1) is 10.2. The smallest absolute Gasteiger partial charge is 0.138 e. The third-order valence-corrected chi connectivity index (χ3v) is 4.36. The predicted octanol–water partition coefficient (Wildman–Crippen LogP) is 3.21. The number of hydrogen-bond donors (Lipinski definition) is 1. The van der Waals surface area contributed by atoms with Gasteiger partial charge in [0.2, 0.25) is 0 Å². The van der Waals surface area contributed by atoms with E-state index in [-0.39, 0.29) is 6.04 Å². The molecule has 2 aromatic rings. The van der Waals surface area contributed by atoms with Crippen molar-refractivity contribution in [2.24, 2.45) is 0 Å². The lowest BCUT2D eigenvalue weighted by molar-refractivity contribution is 0.415. The molecule has 0 spiro atoms. The second-order valence-electron chi connectivity index (χ2n) is 5.31. The molecule has 2 rings (SSSR count). The van der Waals surface area contributed by atoms with Crippen LogP contribution in [0.15, 0.2) is 17.8 Å². The summed E-state index contributed by atoms with van der Waals surface area (Å²) < 4.78 is 7.29. The molecular weight excluding hydrogens is 284 g/mol. The van der Waals surface area contributed by atoms with Gasteiger partial charge in [0.1, 0.15) is 17.9 Å². The lowest BCUT2D eigenvalue weighted by atomic mass is 10.1. The standard InChI is InChI=1S/C15H24N4OS/c1-5-6-16-13(14-7-12(20-4)9-21-14)8-15-17-10-18-19(15)11(2)3/h7,9-11,13,16H,5-6,8H2,1-4H3. The van der Waals surface area contributed by atoms with Crippen LogP contribution in [0.2, 0.25) is 0 Å². The van der Waals surface area contributed by atoms with E-state index in [0.29, 0.717) is 6.04 Å². The predicted molar refractivity (Wildman–Crippen MR) is 86.0 cm³/mol. The zero-order valence-electron chi connectivity index (χ0n) is 13.2. The quantitative estimate of drug-likeness (QED) is 0.813. The number of methoxy groups -OCH3 is 1. The Morgan fingerprint density at radius 1 is 1.43 bits per heavy atom. The van der Waals surface area contributed by atoms with Crippen molar-refractivity contribution in [2.75, 3.05) is 13.7 Å². The Hall–Kier alpha value is -1.40. The third-order valence-electron chi connectivity index (χ3n) is 3.34. The summed E-state index contributed by atoms with van der Waals surface area (Å²) in [6.07, 6.45) is 3.58. The van der Waals surface area contributed by atoms with Gasteiger partial charge in [-0.2, -0.15) is 5.10 Å². The lowest BCUT2D eigenvalue weighted by Gasteiger charge is -2.18. The Morgan fingerprint density at radius 2 is 2.24 bits per heavy atom. The van der Waals surface area contributed by atoms with Gasteiger partial charge in [-0.3, -0.25) is 0 Å². The molecule has 0 aromatic carbocycles. The summed E-state index contributed by atoms with van der Waals surface area (Å²) >= 11 is 1.72. The monoisotopic (exact) mass is 308 g/mol. The van der Waals surface area contributed by atoms with Gasteiger partial charge in [-0.05, 0) is 32.9 Å². The minimum absolute atomic E-state index is 0.251.